The molecule has 0 aliphatic heterocycles. The predicted octanol–water partition coefficient (Wildman–Crippen LogP) is -2.96. The van der Waals surface area contributed by atoms with E-state index in [0.29, 0.717) is 0 Å². The van der Waals surface area contributed by atoms with Crippen molar-refractivity contribution in [1.82, 2.24) is 0 Å². The number of rotatable bonds is 0. The van der Waals surface area contributed by atoms with Crippen molar-refractivity contribution in [2.75, 3.05) is 0 Å². The molecule has 4 heteroatoms. The Morgan fingerprint density at radius 3 is 1.25 bits per heavy atom. The molecule has 1 atom stereocenters. The minimum Gasteiger partial charge on any atom is -0.159 e. The average Bonchev–Trinajstić information content (AvgIpc) is 1.00. The molecule has 1 unspecified atom stereocenters. The van der Waals surface area contributed by atoms with Crippen LogP contribution in [0.4, 0.5) is 0 Å². The minimum absolute atomic E-state index is 0. The molecular weight excluding hydrogens is 126 g/mol. The quantitative estimate of drug-likeness (QED) is 0.247. The predicted molar refractivity (Wildman–Crippen MR) is 38.1 cm³/mol. The van der Waals surface area contributed by atoms with Crippen LogP contribution < -0.4 is 0 Å². The fraction of sp³-hybridized carbons (Fsp3) is 0. The Labute approximate surface area is 72.7 Å². The normalized spacial score (nSPS) is 2.25. The van der Waals surface area contributed by atoms with E-state index < -0.39 is 0 Å². The zero-order valence-corrected chi connectivity index (χ0v) is 4.73. The van der Waals surface area contributed by atoms with E-state index >= 15 is 0 Å². The number of hydrogen-bond donors (Lipinski definition) is 0. The molecule has 0 nitrogen and oxygen atoms in total. The molecule has 0 amide bonds. The van der Waals surface area contributed by atoms with E-state index in [4.69, 9.17) is 0 Å². The summed E-state index contributed by atoms with van der Waals surface area (Å²) in [6.45, 7) is 0. The van der Waals surface area contributed by atoms with Crippen LogP contribution in [0, 0.1) is 0 Å². The molecule has 0 aromatic rings. The van der Waals surface area contributed by atoms with E-state index in [2.05, 4.69) is 8.79 Å². The fourth-order valence-electron chi connectivity index (χ4n) is 0. The largest absolute Gasteiger partial charge is 0.159 e. The topological polar surface area (TPSA) is 0 Å². The summed E-state index contributed by atoms with van der Waals surface area (Å²) in [5, 5.41) is 0. The van der Waals surface area contributed by atoms with Crippen LogP contribution in [0.25, 0.3) is 0 Å². The molecular formula is H10AlCaPSi. The molecule has 4 heavy (non-hydrogen) atoms. The van der Waals surface area contributed by atoms with Crippen molar-refractivity contribution in [1.29, 1.82) is 0 Å². The van der Waals surface area contributed by atoms with E-state index in [1.54, 1.807) is 0 Å². The van der Waals surface area contributed by atoms with Crippen molar-refractivity contribution < 1.29 is 0 Å². The van der Waals surface area contributed by atoms with E-state index in [0.717, 1.165) is 0 Å². The van der Waals surface area contributed by atoms with Crippen molar-refractivity contribution in [3.05, 3.63) is 0 Å². The van der Waals surface area contributed by atoms with Crippen LogP contribution in [0.3, 0.4) is 0 Å². The van der Waals surface area contributed by atoms with Crippen molar-refractivity contribution in [2.45, 2.75) is 0 Å². The monoisotopic (exact) mass is 136 g/mol. The van der Waals surface area contributed by atoms with Crippen LogP contribution in [-0.4, -0.2) is 65.0 Å². The summed E-state index contributed by atoms with van der Waals surface area (Å²) >= 11 is 0. The van der Waals surface area contributed by atoms with Gasteiger partial charge in [-0.25, -0.2) is 0 Å². The Hall–Kier alpha value is 2.44. The third-order valence-corrected chi connectivity index (χ3v) is 0. The molecule has 0 aliphatic rings. The maximum atomic E-state index is 2.56. The van der Waals surface area contributed by atoms with Gasteiger partial charge in [0.1, 0.15) is 0 Å². The molecule has 0 saturated carbocycles. The fourth-order valence-corrected chi connectivity index (χ4v) is 0. The van der Waals surface area contributed by atoms with Gasteiger partial charge in [0.25, 0.3) is 0 Å². The second kappa shape index (κ2) is 18.0. The van der Waals surface area contributed by atoms with Crippen molar-refractivity contribution >= 4 is 73.8 Å². The van der Waals surface area contributed by atoms with Crippen LogP contribution >= 0.6 is 8.79 Å². The summed E-state index contributed by atoms with van der Waals surface area (Å²) in [5.74, 6) is 0. The standard InChI is InChI=1S/Al.Ca.H5PSi.5H/c;;1-2;;;;;/h;;1H2,2H3;;;;;. The summed E-state index contributed by atoms with van der Waals surface area (Å²) in [5.41, 5.74) is 0. The second-order valence-electron chi connectivity index (χ2n) is 0. The van der Waals surface area contributed by atoms with Crippen molar-refractivity contribution in [3.8, 4) is 0 Å². The third-order valence-electron chi connectivity index (χ3n) is 0. The first-order chi connectivity index (χ1) is 1.00. The van der Waals surface area contributed by atoms with Gasteiger partial charge in [-0.05, 0) is 0 Å². The second-order valence-corrected chi connectivity index (χ2v) is 0. The summed E-state index contributed by atoms with van der Waals surface area (Å²) in [4.78, 5) is 0. The Morgan fingerprint density at radius 1 is 1.25 bits per heavy atom. The maximum Gasteiger partial charge on any atom is 0.0252 e. The van der Waals surface area contributed by atoms with Crippen molar-refractivity contribution in [3.63, 3.8) is 0 Å². The van der Waals surface area contributed by atoms with E-state index in [1.165, 1.54) is 9.91 Å². The molecule has 0 rings (SSSR count). The summed E-state index contributed by atoms with van der Waals surface area (Å²) in [7, 11) is 3.78. The van der Waals surface area contributed by atoms with E-state index in [1.807, 2.05) is 0 Å². The molecule has 0 aromatic heterocycles. The molecule has 0 spiro atoms. The molecule has 0 aliphatic carbocycles. The van der Waals surface area contributed by atoms with E-state index in [-0.39, 0.29) is 55.1 Å². The van der Waals surface area contributed by atoms with Gasteiger partial charge < -0.3 is 0 Å². The van der Waals surface area contributed by atoms with Crippen LogP contribution in [0.2, 0.25) is 0 Å². The van der Waals surface area contributed by atoms with Gasteiger partial charge in [0, 0.05) is 9.91 Å². The zero-order valence-electron chi connectivity index (χ0n) is 1.58. The van der Waals surface area contributed by atoms with Crippen LogP contribution in [0.15, 0.2) is 0 Å². The summed E-state index contributed by atoms with van der Waals surface area (Å²) in [6.07, 6.45) is 0. The van der Waals surface area contributed by atoms with Gasteiger partial charge in [0.2, 0.25) is 0 Å². The first-order valence-corrected chi connectivity index (χ1v) is 5.20. The Balaban J connectivity index is -0.00000000500. The van der Waals surface area contributed by atoms with Gasteiger partial charge >= 0.3 is 37.7 Å². The maximum absolute atomic E-state index is 2.56. The Kier molecular flexibility index (Phi) is 72.5. The van der Waals surface area contributed by atoms with Crippen LogP contribution in [0.1, 0.15) is 0 Å². The molecule has 0 radical (unpaired) electrons. The molecule has 0 saturated heterocycles. The molecule has 0 N–H and O–H groups in total. The summed E-state index contributed by atoms with van der Waals surface area (Å²) in [6, 6.07) is 0. The van der Waals surface area contributed by atoms with Gasteiger partial charge in [0.05, 0.1) is 0 Å². The molecule has 0 heterocycles. The summed E-state index contributed by atoms with van der Waals surface area (Å²) < 4.78 is 0. The van der Waals surface area contributed by atoms with Gasteiger partial charge in [-0.1, -0.05) is 0 Å². The van der Waals surface area contributed by atoms with E-state index in [9.17, 15) is 0 Å². The molecule has 0 aromatic carbocycles. The van der Waals surface area contributed by atoms with Crippen molar-refractivity contribution in [2.24, 2.45) is 0 Å². The molecule has 24 valence electrons. The van der Waals surface area contributed by atoms with Gasteiger partial charge in [0.15, 0.2) is 17.4 Å². The van der Waals surface area contributed by atoms with Crippen LogP contribution in [-0.2, 0) is 0 Å². The van der Waals surface area contributed by atoms with Gasteiger partial charge in [-0.3, -0.25) is 0 Å². The first kappa shape index (κ1) is 16.1. The average molecular weight is 136 g/mol. The SMILES string of the molecule is [AlH3].[CaH2].[SiH3]P. The zero-order chi connectivity index (χ0) is 2.00. The van der Waals surface area contributed by atoms with Crippen LogP contribution in [0.5, 0.6) is 0 Å². The van der Waals surface area contributed by atoms with Gasteiger partial charge in [-0.15, -0.1) is 0 Å². The number of hydrogen-bond acceptors (Lipinski definition) is 0. The Bertz CT molecular complexity index is 8.00. The molecule has 0 bridgehead atoms. The van der Waals surface area contributed by atoms with Gasteiger partial charge in [-0.2, -0.15) is 8.79 Å². The minimum atomic E-state index is 0. The molecule has 0 fully saturated rings. The Morgan fingerprint density at radius 2 is 1.25 bits per heavy atom. The smallest absolute Gasteiger partial charge is 0.0252 e. The first-order valence-electron chi connectivity index (χ1n) is 0.577. The third kappa shape index (κ3) is 8.83.